The van der Waals surface area contributed by atoms with Gasteiger partial charge in [-0.15, -0.1) is 0 Å². The minimum absolute atomic E-state index is 0.00243. The molecular weight excluding hydrogens is 274 g/mol. The summed E-state index contributed by atoms with van der Waals surface area (Å²) in [6.45, 7) is 1.25. The lowest BCUT2D eigenvalue weighted by Crippen LogP contribution is -2.64. The summed E-state index contributed by atoms with van der Waals surface area (Å²) in [6.07, 6.45) is 9.42. The Hall–Kier alpha value is -0.570. The third-order valence-electron chi connectivity index (χ3n) is 9.41. The molecule has 1 heterocycles. The number of carbonyl (C=O) groups is 1. The van der Waals surface area contributed by atoms with Crippen LogP contribution in [0.5, 0.6) is 0 Å². The molecular formula is C19H27NO2. The van der Waals surface area contributed by atoms with Crippen molar-refractivity contribution in [3.05, 3.63) is 0 Å². The fourth-order valence-electron chi connectivity index (χ4n) is 9.20. The molecule has 22 heavy (non-hydrogen) atoms. The molecule has 6 rings (SSSR count). The van der Waals surface area contributed by atoms with Gasteiger partial charge in [-0.2, -0.15) is 0 Å². The highest BCUT2D eigenvalue weighted by Crippen LogP contribution is 2.75. The van der Waals surface area contributed by atoms with Gasteiger partial charge in [-0.1, -0.05) is 6.42 Å². The van der Waals surface area contributed by atoms with Crippen LogP contribution in [0.2, 0.25) is 0 Å². The molecule has 7 bridgehead atoms. The number of nitrogens with one attached hydrogen (secondary N) is 1. The molecule has 0 aromatic carbocycles. The van der Waals surface area contributed by atoms with Gasteiger partial charge in [0.25, 0.3) is 0 Å². The molecule has 0 radical (unpaired) electrons. The standard InChI is InChI=1S/C19H27NO2/c21-18(22)15-9-3-4-11-12-7-13-10-2-1-5-19(13,17(12)20-8-10)14(6-9)16(11)15/h9-17,20H,1-8H2,(H,21,22)/t9-,10-,11+,12+,13+,14+,15?,16+,17+,19-/m0/s1. The molecule has 1 saturated heterocycles. The van der Waals surface area contributed by atoms with E-state index >= 15 is 0 Å². The Morgan fingerprint density at radius 2 is 1.95 bits per heavy atom. The fraction of sp³-hybridized carbons (Fsp3) is 0.947. The molecule has 5 saturated carbocycles. The molecule has 6 fully saturated rings. The van der Waals surface area contributed by atoms with Gasteiger partial charge in [0, 0.05) is 6.04 Å². The quantitative estimate of drug-likeness (QED) is 0.783. The molecule has 3 heteroatoms. The third kappa shape index (κ3) is 1.19. The second-order valence-electron chi connectivity index (χ2n) is 9.44. The number of aliphatic carboxylic acids is 1. The van der Waals surface area contributed by atoms with Crippen LogP contribution in [-0.2, 0) is 4.79 Å². The maximum Gasteiger partial charge on any atom is 0.307 e. The largest absolute Gasteiger partial charge is 0.481 e. The lowest BCUT2D eigenvalue weighted by atomic mass is 9.48. The van der Waals surface area contributed by atoms with Crippen LogP contribution in [0.1, 0.15) is 44.9 Å². The summed E-state index contributed by atoms with van der Waals surface area (Å²) in [5.74, 6) is 4.65. The van der Waals surface area contributed by atoms with Crippen LogP contribution in [0.15, 0.2) is 0 Å². The van der Waals surface area contributed by atoms with Crippen molar-refractivity contribution >= 4 is 5.97 Å². The van der Waals surface area contributed by atoms with Crippen molar-refractivity contribution in [2.45, 2.75) is 51.0 Å². The summed E-state index contributed by atoms with van der Waals surface area (Å²) in [5.41, 5.74) is 0.500. The van der Waals surface area contributed by atoms with Gasteiger partial charge in [0.1, 0.15) is 0 Å². The zero-order chi connectivity index (χ0) is 14.6. The topological polar surface area (TPSA) is 49.3 Å². The van der Waals surface area contributed by atoms with Crippen LogP contribution >= 0.6 is 0 Å². The van der Waals surface area contributed by atoms with Gasteiger partial charge in [-0.25, -0.2) is 0 Å². The van der Waals surface area contributed by atoms with Crippen molar-refractivity contribution in [2.24, 2.45) is 52.8 Å². The van der Waals surface area contributed by atoms with E-state index in [2.05, 4.69) is 5.32 Å². The predicted molar refractivity (Wildman–Crippen MR) is 82.1 cm³/mol. The third-order valence-corrected chi connectivity index (χ3v) is 9.41. The van der Waals surface area contributed by atoms with Crippen LogP contribution in [0.4, 0.5) is 0 Å². The van der Waals surface area contributed by atoms with Gasteiger partial charge in [-0.3, -0.25) is 4.79 Å². The molecule has 1 aliphatic heterocycles. The molecule has 0 aromatic heterocycles. The first-order valence-corrected chi connectivity index (χ1v) is 9.68. The van der Waals surface area contributed by atoms with E-state index in [1.54, 1.807) is 0 Å². The first-order valence-electron chi connectivity index (χ1n) is 9.68. The SMILES string of the molecule is O=C(O)C1[C@H]2CC[C@@H]3[C@H]4C[C@@H]5[C@H]6CCC[C@]5([C@H](C2)[C@H]13)[C@@H]4NC6. The molecule has 1 spiro atoms. The van der Waals surface area contributed by atoms with E-state index in [1.165, 1.54) is 51.5 Å². The van der Waals surface area contributed by atoms with E-state index in [9.17, 15) is 9.90 Å². The number of carboxylic acid groups (broad SMARTS) is 1. The molecule has 0 aromatic rings. The number of fused-ring (bicyclic) bond motifs is 2. The van der Waals surface area contributed by atoms with Crippen molar-refractivity contribution < 1.29 is 9.90 Å². The second kappa shape index (κ2) is 3.91. The van der Waals surface area contributed by atoms with Gasteiger partial charge >= 0.3 is 5.97 Å². The molecule has 3 nitrogen and oxygen atoms in total. The summed E-state index contributed by atoms with van der Waals surface area (Å²) < 4.78 is 0. The van der Waals surface area contributed by atoms with E-state index in [1.807, 2.05) is 0 Å². The summed E-state index contributed by atoms with van der Waals surface area (Å²) >= 11 is 0. The van der Waals surface area contributed by atoms with Crippen LogP contribution in [0, 0.1) is 52.8 Å². The van der Waals surface area contributed by atoms with E-state index < -0.39 is 5.97 Å². The predicted octanol–water partition coefficient (Wildman–Crippen LogP) is 2.76. The van der Waals surface area contributed by atoms with Crippen LogP contribution < -0.4 is 5.32 Å². The van der Waals surface area contributed by atoms with Gasteiger partial charge in [0.2, 0.25) is 0 Å². The van der Waals surface area contributed by atoms with E-state index in [0.717, 1.165) is 35.6 Å². The van der Waals surface area contributed by atoms with E-state index in [0.29, 0.717) is 17.3 Å². The van der Waals surface area contributed by atoms with Gasteiger partial charge in [0.05, 0.1) is 5.92 Å². The van der Waals surface area contributed by atoms with Crippen LogP contribution in [-0.4, -0.2) is 23.7 Å². The molecule has 0 amide bonds. The lowest BCUT2D eigenvalue weighted by molar-refractivity contribution is -0.152. The Morgan fingerprint density at radius 3 is 2.82 bits per heavy atom. The maximum atomic E-state index is 12.0. The highest BCUT2D eigenvalue weighted by atomic mass is 16.4. The van der Waals surface area contributed by atoms with Gasteiger partial charge in [-0.05, 0) is 91.9 Å². The van der Waals surface area contributed by atoms with Crippen molar-refractivity contribution in [2.75, 3.05) is 6.54 Å². The van der Waals surface area contributed by atoms with Crippen molar-refractivity contribution in [3.63, 3.8) is 0 Å². The number of carboxylic acids is 1. The number of rotatable bonds is 1. The van der Waals surface area contributed by atoms with Gasteiger partial charge < -0.3 is 10.4 Å². The molecule has 10 atom stereocenters. The van der Waals surface area contributed by atoms with Crippen LogP contribution in [0.3, 0.4) is 0 Å². The number of hydrogen-bond acceptors (Lipinski definition) is 2. The summed E-state index contributed by atoms with van der Waals surface area (Å²) in [5, 5.41) is 13.9. The molecule has 6 aliphatic rings. The zero-order valence-electron chi connectivity index (χ0n) is 13.2. The monoisotopic (exact) mass is 301 g/mol. The average Bonchev–Trinajstić information content (AvgIpc) is 2.85. The molecule has 5 aliphatic carbocycles. The van der Waals surface area contributed by atoms with Crippen molar-refractivity contribution in [3.8, 4) is 0 Å². The van der Waals surface area contributed by atoms with Crippen molar-refractivity contribution in [1.29, 1.82) is 0 Å². The Kier molecular flexibility index (Phi) is 2.27. The van der Waals surface area contributed by atoms with E-state index in [-0.39, 0.29) is 5.92 Å². The average molecular weight is 301 g/mol. The number of piperidine rings is 1. The smallest absolute Gasteiger partial charge is 0.307 e. The van der Waals surface area contributed by atoms with Gasteiger partial charge in [0.15, 0.2) is 0 Å². The fourth-order valence-corrected chi connectivity index (χ4v) is 9.20. The Bertz CT molecular complexity index is 548. The first-order chi connectivity index (χ1) is 10.7. The first kappa shape index (κ1) is 12.8. The van der Waals surface area contributed by atoms with Crippen LogP contribution in [0.25, 0.3) is 0 Å². The molecule has 1 unspecified atom stereocenters. The zero-order valence-corrected chi connectivity index (χ0v) is 13.2. The lowest BCUT2D eigenvalue weighted by Gasteiger charge is -2.60. The highest BCUT2D eigenvalue weighted by molar-refractivity contribution is 5.72. The maximum absolute atomic E-state index is 12.0. The number of hydrogen-bond donors (Lipinski definition) is 2. The summed E-state index contributed by atoms with van der Waals surface area (Å²) in [6, 6.07) is 0.742. The Morgan fingerprint density at radius 1 is 1.05 bits per heavy atom. The Labute approximate surface area is 132 Å². The highest BCUT2D eigenvalue weighted by Gasteiger charge is 2.73. The second-order valence-corrected chi connectivity index (χ2v) is 9.44. The normalized spacial score (nSPS) is 63.7. The summed E-state index contributed by atoms with van der Waals surface area (Å²) in [7, 11) is 0. The minimum Gasteiger partial charge on any atom is -0.481 e. The minimum atomic E-state index is -0.467. The molecule has 2 N–H and O–H groups in total. The molecule has 120 valence electrons. The summed E-state index contributed by atoms with van der Waals surface area (Å²) in [4.78, 5) is 12.0. The van der Waals surface area contributed by atoms with Crippen molar-refractivity contribution in [1.82, 2.24) is 5.32 Å². The van der Waals surface area contributed by atoms with E-state index in [4.69, 9.17) is 0 Å². The Balaban J connectivity index is 1.53.